The zero-order chi connectivity index (χ0) is 18.8. The molecule has 134 valence electrons. The van der Waals surface area contributed by atoms with Gasteiger partial charge in [-0.15, -0.1) is 0 Å². The van der Waals surface area contributed by atoms with Gasteiger partial charge in [-0.25, -0.2) is 4.68 Å². The number of nitrogens with one attached hydrogen (secondary N) is 1. The second-order valence-corrected chi connectivity index (χ2v) is 7.08. The molecule has 5 heteroatoms. The molecule has 2 aromatic carbocycles. The van der Waals surface area contributed by atoms with Crippen LogP contribution in [0.15, 0.2) is 42.5 Å². The van der Waals surface area contributed by atoms with Crippen LogP contribution in [0.25, 0.3) is 0 Å². The van der Waals surface area contributed by atoms with E-state index in [0.29, 0.717) is 23.0 Å². The summed E-state index contributed by atoms with van der Waals surface area (Å²) < 4.78 is 1.66. The van der Waals surface area contributed by atoms with E-state index in [0.717, 1.165) is 22.4 Å². The third-order valence-electron chi connectivity index (χ3n) is 4.22. The molecule has 0 fully saturated rings. The van der Waals surface area contributed by atoms with Gasteiger partial charge in [-0.3, -0.25) is 4.79 Å². The van der Waals surface area contributed by atoms with E-state index in [2.05, 4.69) is 16.5 Å². The average molecular weight is 368 g/mol. The molecule has 3 rings (SSSR count). The predicted molar refractivity (Wildman–Crippen MR) is 106 cm³/mol. The molecule has 0 spiro atoms. The summed E-state index contributed by atoms with van der Waals surface area (Å²) in [5, 5.41) is 7.73. The van der Waals surface area contributed by atoms with Crippen molar-refractivity contribution >= 4 is 23.2 Å². The highest BCUT2D eigenvalue weighted by Gasteiger charge is 2.20. The van der Waals surface area contributed by atoms with Crippen LogP contribution in [0.5, 0.6) is 0 Å². The Balaban J connectivity index is 1.84. The molecular formula is C21H22ClN3O. The molecule has 0 saturated carbocycles. The number of anilines is 1. The van der Waals surface area contributed by atoms with E-state index in [9.17, 15) is 4.79 Å². The number of carbonyl (C=O) groups excluding carboxylic acids is 1. The van der Waals surface area contributed by atoms with Gasteiger partial charge in [-0.05, 0) is 56.5 Å². The van der Waals surface area contributed by atoms with Gasteiger partial charge in [0.05, 0.1) is 17.8 Å². The van der Waals surface area contributed by atoms with Crippen molar-refractivity contribution in [3.05, 3.63) is 81.1 Å². The summed E-state index contributed by atoms with van der Waals surface area (Å²) in [6.45, 7) is 8.37. The first kappa shape index (κ1) is 18.2. The first-order valence-electron chi connectivity index (χ1n) is 8.51. The van der Waals surface area contributed by atoms with Crippen molar-refractivity contribution < 1.29 is 4.79 Å². The number of aryl methyl sites for hydroxylation is 4. The maximum atomic E-state index is 12.7. The Morgan fingerprint density at radius 2 is 1.62 bits per heavy atom. The lowest BCUT2D eigenvalue weighted by molar-refractivity contribution is 0.102. The van der Waals surface area contributed by atoms with Crippen LogP contribution in [0.2, 0.25) is 5.15 Å². The van der Waals surface area contributed by atoms with Crippen molar-refractivity contribution in [1.82, 2.24) is 9.78 Å². The third kappa shape index (κ3) is 3.97. The topological polar surface area (TPSA) is 46.9 Å². The van der Waals surface area contributed by atoms with Crippen molar-refractivity contribution in [2.45, 2.75) is 34.2 Å². The van der Waals surface area contributed by atoms with E-state index in [1.165, 1.54) is 5.56 Å². The molecule has 1 amide bonds. The van der Waals surface area contributed by atoms with E-state index in [-0.39, 0.29) is 5.91 Å². The smallest absolute Gasteiger partial charge is 0.260 e. The van der Waals surface area contributed by atoms with Gasteiger partial charge >= 0.3 is 0 Å². The molecule has 1 aromatic heterocycles. The highest BCUT2D eigenvalue weighted by Crippen LogP contribution is 2.23. The first-order chi connectivity index (χ1) is 12.3. The van der Waals surface area contributed by atoms with Crippen LogP contribution in [0.3, 0.4) is 0 Å². The fraction of sp³-hybridized carbons (Fsp3) is 0.238. The number of hydrogen-bond acceptors (Lipinski definition) is 2. The van der Waals surface area contributed by atoms with E-state index < -0.39 is 0 Å². The molecule has 0 unspecified atom stereocenters. The Bertz CT molecular complexity index is 938. The molecule has 0 aliphatic heterocycles. The Hall–Kier alpha value is -2.59. The minimum Gasteiger partial charge on any atom is -0.322 e. The summed E-state index contributed by atoms with van der Waals surface area (Å²) in [4.78, 5) is 12.7. The van der Waals surface area contributed by atoms with Gasteiger partial charge in [-0.2, -0.15) is 5.10 Å². The van der Waals surface area contributed by atoms with Crippen LogP contribution in [-0.4, -0.2) is 15.7 Å². The van der Waals surface area contributed by atoms with Crippen molar-refractivity contribution in [2.24, 2.45) is 0 Å². The molecule has 4 nitrogen and oxygen atoms in total. The van der Waals surface area contributed by atoms with Crippen molar-refractivity contribution in [2.75, 3.05) is 5.32 Å². The van der Waals surface area contributed by atoms with Gasteiger partial charge in [0.15, 0.2) is 0 Å². The van der Waals surface area contributed by atoms with Crippen LogP contribution in [0, 0.1) is 27.7 Å². The molecule has 3 aromatic rings. The summed E-state index contributed by atoms with van der Waals surface area (Å²) in [5.41, 5.74) is 6.26. The predicted octanol–water partition coefficient (Wildman–Crippen LogP) is 5.07. The summed E-state index contributed by atoms with van der Waals surface area (Å²) >= 11 is 6.47. The standard InChI is InChI=1S/C21H22ClN3O/c1-13-5-7-17(8-6-13)12-25-20(22)19(16(4)24-25)21(26)23-18-10-14(2)9-15(3)11-18/h5-11H,12H2,1-4H3,(H,23,26). The molecule has 0 radical (unpaired) electrons. The van der Waals surface area contributed by atoms with Crippen molar-refractivity contribution in [3.8, 4) is 0 Å². The summed E-state index contributed by atoms with van der Waals surface area (Å²) in [7, 11) is 0. The Kier molecular flexibility index (Phi) is 5.14. The van der Waals surface area contributed by atoms with Crippen molar-refractivity contribution in [1.29, 1.82) is 0 Å². The lowest BCUT2D eigenvalue weighted by Gasteiger charge is -2.08. The minimum absolute atomic E-state index is 0.243. The van der Waals surface area contributed by atoms with Crippen molar-refractivity contribution in [3.63, 3.8) is 0 Å². The molecule has 0 saturated heterocycles. The normalized spacial score (nSPS) is 10.8. The minimum atomic E-state index is -0.243. The maximum absolute atomic E-state index is 12.7. The number of hydrogen-bond donors (Lipinski definition) is 1. The lowest BCUT2D eigenvalue weighted by Crippen LogP contribution is -2.13. The first-order valence-corrected chi connectivity index (χ1v) is 8.89. The summed E-state index contributed by atoms with van der Waals surface area (Å²) in [6, 6.07) is 14.1. The molecule has 1 N–H and O–H groups in total. The van der Waals surface area contributed by atoms with Gasteiger partial charge in [-0.1, -0.05) is 47.5 Å². The number of rotatable bonds is 4. The fourth-order valence-corrected chi connectivity index (χ4v) is 3.34. The third-order valence-corrected chi connectivity index (χ3v) is 4.61. The number of carbonyl (C=O) groups is 1. The Morgan fingerprint density at radius 1 is 1.00 bits per heavy atom. The van der Waals surface area contributed by atoms with Gasteiger partial charge in [0.25, 0.3) is 5.91 Å². The Morgan fingerprint density at radius 3 is 2.23 bits per heavy atom. The summed E-state index contributed by atoms with van der Waals surface area (Å²) in [6.07, 6.45) is 0. The van der Waals surface area contributed by atoms with E-state index in [1.54, 1.807) is 11.6 Å². The second-order valence-electron chi connectivity index (χ2n) is 6.72. The van der Waals surface area contributed by atoms with E-state index in [1.807, 2.05) is 57.2 Å². The fourth-order valence-electron chi connectivity index (χ4n) is 3.02. The largest absolute Gasteiger partial charge is 0.322 e. The van der Waals surface area contributed by atoms with Gasteiger partial charge in [0.2, 0.25) is 0 Å². The average Bonchev–Trinajstić information content (AvgIpc) is 2.82. The van der Waals surface area contributed by atoms with Crippen LogP contribution >= 0.6 is 11.6 Å². The van der Waals surface area contributed by atoms with Gasteiger partial charge < -0.3 is 5.32 Å². The number of aromatic nitrogens is 2. The summed E-state index contributed by atoms with van der Waals surface area (Å²) in [5.74, 6) is -0.243. The Labute approximate surface area is 158 Å². The monoisotopic (exact) mass is 367 g/mol. The van der Waals surface area contributed by atoms with E-state index in [4.69, 9.17) is 11.6 Å². The molecule has 26 heavy (non-hydrogen) atoms. The number of amides is 1. The maximum Gasteiger partial charge on any atom is 0.260 e. The number of nitrogens with zero attached hydrogens (tertiary/aromatic N) is 2. The highest BCUT2D eigenvalue weighted by molar-refractivity contribution is 6.33. The zero-order valence-electron chi connectivity index (χ0n) is 15.4. The van der Waals surface area contributed by atoms with Crippen LogP contribution in [-0.2, 0) is 6.54 Å². The quantitative estimate of drug-likeness (QED) is 0.699. The second kappa shape index (κ2) is 7.34. The zero-order valence-corrected chi connectivity index (χ0v) is 16.2. The molecule has 0 aliphatic carbocycles. The number of halogens is 1. The van der Waals surface area contributed by atoms with Crippen LogP contribution in [0.1, 0.15) is 38.3 Å². The molecule has 0 aliphatic rings. The van der Waals surface area contributed by atoms with Crippen LogP contribution in [0.4, 0.5) is 5.69 Å². The number of benzene rings is 2. The van der Waals surface area contributed by atoms with E-state index >= 15 is 0 Å². The van der Waals surface area contributed by atoms with Crippen LogP contribution < -0.4 is 5.32 Å². The molecule has 0 atom stereocenters. The SMILES string of the molecule is Cc1ccc(Cn2nc(C)c(C(=O)Nc3cc(C)cc(C)c3)c2Cl)cc1. The molecular weight excluding hydrogens is 346 g/mol. The molecule has 1 heterocycles. The van der Waals surface area contributed by atoms with Gasteiger partial charge in [0, 0.05) is 5.69 Å². The lowest BCUT2D eigenvalue weighted by atomic mass is 10.1. The van der Waals surface area contributed by atoms with Gasteiger partial charge in [0.1, 0.15) is 5.15 Å². The molecule has 0 bridgehead atoms. The highest BCUT2D eigenvalue weighted by atomic mass is 35.5.